The first-order chi connectivity index (χ1) is 11.5. The van der Waals surface area contributed by atoms with E-state index >= 15 is 0 Å². The number of ether oxygens (including phenoxy) is 1. The molecule has 1 aromatic heterocycles. The highest BCUT2D eigenvalue weighted by Crippen LogP contribution is 2.18. The maximum absolute atomic E-state index is 12.3. The number of benzene rings is 1. The summed E-state index contributed by atoms with van der Waals surface area (Å²) in [6.45, 7) is 2.75. The van der Waals surface area contributed by atoms with E-state index in [2.05, 4.69) is 0 Å². The summed E-state index contributed by atoms with van der Waals surface area (Å²) in [5.74, 6) is -0.274. The third-order valence-electron chi connectivity index (χ3n) is 3.57. The monoisotopic (exact) mass is 331 g/mol. The van der Waals surface area contributed by atoms with E-state index in [4.69, 9.17) is 14.3 Å². The number of amides is 1. The summed E-state index contributed by atoms with van der Waals surface area (Å²) < 4.78 is 11.0. The third kappa shape index (κ3) is 4.38. The molecule has 2 rings (SSSR count). The van der Waals surface area contributed by atoms with Gasteiger partial charge in [0.1, 0.15) is 17.1 Å². The number of rotatable bonds is 8. The highest BCUT2D eigenvalue weighted by atomic mass is 16.5. The molecule has 1 aromatic carbocycles. The Kier molecular flexibility index (Phi) is 6.01. The van der Waals surface area contributed by atoms with E-state index in [0.717, 1.165) is 5.75 Å². The van der Waals surface area contributed by atoms with Crippen LogP contribution in [0.1, 0.15) is 40.0 Å². The number of carboxylic acids is 1. The van der Waals surface area contributed by atoms with Crippen LogP contribution in [0.3, 0.4) is 0 Å². The molecule has 0 radical (unpaired) electrons. The van der Waals surface area contributed by atoms with Gasteiger partial charge in [-0.05, 0) is 18.6 Å². The molecule has 1 N–H and O–H groups in total. The van der Waals surface area contributed by atoms with Gasteiger partial charge in [0.05, 0.1) is 6.61 Å². The van der Waals surface area contributed by atoms with Gasteiger partial charge >= 0.3 is 5.97 Å². The lowest BCUT2D eigenvalue weighted by Crippen LogP contribution is -2.28. The van der Waals surface area contributed by atoms with Gasteiger partial charge in [-0.2, -0.15) is 0 Å². The van der Waals surface area contributed by atoms with Gasteiger partial charge in [-0.25, -0.2) is 4.79 Å². The zero-order chi connectivity index (χ0) is 17.5. The average Bonchev–Trinajstić information content (AvgIpc) is 3.03. The summed E-state index contributed by atoms with van der Waals surface area (Å²) in [4.78, 5) is 24.9. The van der Waals surface area contributed by atoms with E-state index in [1.807, 2.05) is 30.3 Å². The van der Waals surface area contributed by atoms with Crippen LogP contribution in [0.15, 0.2) is 40.8 Å². The summed E-state index contributed by atoms with van der Waals surface area (Å²) in [6, 6.07) is 10.7. The molecular formula is C18H21NO5. The predicted octanol–water partition coefficient (Wildman–Crippen LogP) is 3.08. The number of hydrogen-bond donors (Lipinski definition) is 1. The smallest absolute Gasteiger partial charge is 0.339 e. The lowest BCUT2D eigenvalue weighted by Gasteiger charge is -2.15. The van der Waals surface area contributed by atoms with E-state index in [1.54, 1.807) is 14.0 Å². The minimum absolute atomic E-state index is 0.0432. The van der Waals surface area contributed by atoms with Crippen LogP contribution in [0.4, 0.5) is 0 Å². The topological polar surface area (TPSA) is 80.0 Å². The summed E-state index contributed by atoms with van der Waals surface area (Å²) >= 11 is 0. The molecule has 0 bridgehead atoms. The molecule has 0 atom stereocenters. The normalized spacial score (nSPS) is 10.4. The van der Waals surface area contributed by atoms with E-state index in [0.29, 0.717) is 31.8 Å². The van der Waals surface area contributed by atoms with Crippen LogP contribution in [-0.2, 0) is 6.42 Å². The zero-order valence-corrected chi connectivity index (χ0v) is 13.8. The fraction of sp³-hybridized carbons (Fsp3) is 0.333. The van der Waals surface area contributed by atoms with Crippen LogP contribution in [0, 0.1) is 0 Å². The van der Waals surface area contributed by atoms with Crippen molar-refractivity contribution in [3.8, 4) is 5.75 Å². The van der Waals surface area contributed by atoms with Gasteiger partial charge in [0.25, 0.3) is 5.91 Å². The standard InChI is InChI=1S/C18H21NO5/c1-3-15-14(18(21)22)12-16(24-15)17(20)19(2)10-7-11-23-13-8-5-4-6-9-13/h4-6,8-9,12H,3,7,10-11H2,1-2H3,(H,21,22). The van der Waals surface area contributed by atoms with Gasteiger partial charge in [0.15, 0.2) is 5.76 Å². The Bertz CT molecular complexity index is 693. The fourth-order valence-corrected chi connectivity index (χ4v) is 2.28. The number of aryl methyl sites for hydroxylation is 1. The summed E-state index contributed by atoms with van der Waals surface area (Å²) in [5.41, 5.74) is 0.0432. The molecule has 0 saturated heterocycles. The Morgan fingerprint density at radius 2 is 1.96 bits per heavy atom. The molecule has 0 aliphatic rings. The molecule has 128 valence electrons. The van der Waals surface area contributed by atoms with Gasteiger partial charge in [-0.3, -0.25) is 4.79 Å². The molecule has 1 heterocycles. The molecule has 0 spiro atoms. The number of furan rings is 1. The first-order valence-electron chi connectivity index (χ1n) is 7.82. The number of carboxylic acid groups (broad SMARTS) is 1. The van der Waals surface area contributed by atoms with Crippen molar-refractivity contribution >= 4 is 11.9 Å². The van der Waals surface area contributed by atoms with Gasteiger partial charge in [0.2, 0.25) is 0 Å². The molecule has 6 heteroatoms. The highest BCUT2D eigenvalue weighted by Gasteiger charge is 2.22. The Balaban J connectivity index is 1.87. The minimum atomic E-state index is -1.09. The van der Waals surface area contributed by atoms with E-state index in [1.165, 1.54) is 11.0 Å². The lowest BCUT2D eigenvalue weighted by atomic mass is 10.2. The molecule has 6 nitrogen and oxygen atoms in total. The van der Waals surface area contributed by atoms with E-state index in [9.17, 15) is 9.59 Å². The Morgan fingerprint density at radius 1 is 1.25 bits per heavy atom. The summed E-state index contributed by atoms with van der Waals surface area (Å²) in [7, 11) is 1.65. The number of carbonyl (C=O) groups is 2. The van der Waals surface area contributed by atoms with Crippen LogP contribution in [0.5, 0.6) is 5.75 Å². The number of nitrogens with zero attached hydrogens (tertiary/aromatic N) is 1. The number of aromatic carboxylic acids is 1. The first-order valence-corrected chi connectivity index (χ1v) is 7.82. The fourth-order valence-electron chi connectivity index (χ4n) is 2.28. The highest BCUT2D eigenvalue weighted by molar-refractivity contribution is 5.96. The van der Waals surface area contributed by atoms with Crippen LogP contribution < -0.4 is 4.74 Å². The molecule has 1 amide bonds. The van der Waals surface area contributed by atoms with E-state index < -0.39 is 5.97 Å². The Morgan fingerprint density at radius 3 is 2.54 bits per heavy atom. The van der Waals surface area contributed by atoms with Gasteiger partial charge in [-0.1, -0.05) is 25.1 Å². The van der Waals surface area contributed by atoms with Crippen LogP contribution in [-0.4, -0.2) is 42.1 Å². The van der Waals surface area contributed by atoms with Crippen molar-refractivity contribution in [1.82, 2.24) is 4.90 Å². The summed E-state index contributed by atoms with van der Waals surface area (Å²) in [6.07, 6.45) is 1.08. The van der Waals surface area contributed by atoms with Crippen molar-refractivity contribution < 1.29 is 23.8 Å². The second kappa shape index (κ2) is 8.19. The zero-order valence-electron chi connectivity index (χ0n) is 13.8. The second-order valence-electron chi connectivity index (χ2n) is 5.35. The molecule has 0 aliphatic heterocycles. The number of para-hydroxylation sites is 1. The summed E-state index contributed by atoms with van der Waals surface area (Å²) in [5, 5.41) is 9.11. The third-order valence-corrected chi connectivity index (χ3v) is 3.57. The average molecular weight is 331 g/mol. The molecular weight excluding hydrogens is 310 g/mol. The first kappa shape index (κ1) is 17.6. The Labute approximate surface area is 140 Å². The quantitative estimate of drug-likeness (QED) is 0.752. The van der Waals surface area contributed by atoms with E-state index in [-0.39, 0.29) is 17.2 Å². The predicted molar refractivity (Wildman–Crippen MR) is 88.6 cm³/mol. The van der Waals surface area contributed by atoms with Crippen LogP contribution >= 0.6 is 0 Å². The van der Waals surface area contributed by atoms with Crippen molar-refractivity contribution in [1.29, 1.82) is 0 Å². The van der Waals surface area contributed by atoms with Crippen molar-refractivity contribution in [3.63, 3.8) is 0 Å². The molecule has 2 aromatic rings. The Hall–Kier alpha value is -2.76. The molecule has 0 fully saturated rings. The number of hydrogen-bond acceptors (Lipinski definition) is 4. The van der Waals surface area contributed by atoms with Crippen LogP contribution in [0.2, 0.25) is 0 Å². The van der Waals surface area contributed by atoms with Gasteiger partial charge in [0, 0.05) is 26.1 Å². The maximum atomic E-state index is 12.3. The molecule has 0 unspecified atom stereocenters. The molecule has 0 saturated carbocycles. The molecule has 0 aliphatic carbocycles. The van der Waals surface area contributed by atoms with Gasteiger partial charge < -0.3 is 19.2 Å². The largest absolute Gasteiger partial charge is 0.494 e. The van der Waals surface area contributed by atoms with Gasteiger partial charge in [-0.15, -0.1) is 0 Å². The molecule has 24 heavy (non-hydrogen) atoms. The lowest BCUT2D eigenvalue weighted by molar-refractivity contribution is 0.0692. The van der Waals surface area contributed by atoms with Crippen molar-refractivity contribution in [2.45, 2.75) is 19.8 Å². The van der Waals surface area contributed by atoms with Crippen LogP contribution in [0.25, 0.3) is 0 Å². The minimum Gasteiger partial charge on any atom is -0.494 e. The van der Waals surface area contributed by atoms with Crippen molar-refractivity contribution in [2.75, 3.05) is 20.2 Å². The maximum Gasteiger partial charge on any atom is 0.339 e. The number of carbonyl (C=O) groups excluding carboxylic acids is 1. The van der Waals surface area contributed by atoms with Crippen molar-refractivity contribution in [3.05, 3.63) is 53.5 Å². The van der Waals surface area contributed by atoms with Crippen molar-refractivity contribution in [2.24, 2.45) is 0 Å². The second-order valence-corrected chi connectivity index (χ2v) is 5.35. The SMILES string of the molecule is CCc1oc(C(=O)N(C)CCCOc2ccccc2)cc1C(=O)O.